The van der Waals surface area contributed by atoms with Crippen LogP contribution in [0.2, 0.25) is 0 Å². The second kappa shape index (κ2) is 6.30. The second-order valence-electron chi connectivity index (χ2n) is 5.70. The molecule has 0 saturated carbocycles. The van der Waals surface area contributed by atoms with Crippen molar-refractivity contribution in [3.8, 4) is 0 Å². The quantitative estimate of drug-likeness (QED) is 0.885. The van der Waals surface area contributed by atoms with Crippen molar-refractivity contribution in [1.29, 1.82) is 0 Å². The zero-order valence-electron chi connectivity index (χ0n) is 11.8. The molecular weight excluding hydrogens is 222 g/mol. The van der Waals surface area contributed by atoms with E-state index >= 15 is 0 Å². The average molecular weight is 247 g/mol. The fourth-order valence-corrected chi connectivity index (χ4v) is 2.73. The van der Waals surface area contributed by atoms with Gasteiger partial charge in [0.05, 0.1) is 0 Å². The Bertz CT molecular complexity index is 376. The summed E-state index contributed by atoms with van der Waals surface area (Å²) in [4.78, 5) is 6.72. The summed E-state index contributed by atoms with van der Waals surface area (Å²) in [6, 6.07) is 3.38. The van der Waals surface area contributed by atoms with Crippen LogP contribution in [-0.2, 0) is 6.54 Å². The molecule has 0 spiro atoms. The van der Waals surface area contributed by atoms with Gasteiger partial charge in [-0.25, -0.2) is 0 Å². The molecule has 0 amide bonds. The Balaban J connectivity index is 1.91. The Kier molecular flexibility index (Phi) is 4.72. The molecule has 2 heterocycles. The maximum Gasteiger partial charge on any atom is 0.0300 e. The summed E-state index contributed by atoms with van der Waals surface area (Å²) in [6.45, 7) is 10.1. The highest BCUT2D eigenvalue weighted by Crippen LogP contribution is 2.15. The van der Waals surface area contributed by atoms with Crippen LogP contribution in [0.4, 0.5) is 0 Å². The molecule has 1 unspecified atom stereocenters. The van der Waals surface area contributed by atoms with E-state index in [0.29, 0.717) is 12.1 Å². The summed E-state index contributed by atoms with van der Waals surface area (Å²) in [6.07, 6.45) is 6.47. The molecule has 0 aromatic carbocycles. The fraction of sp³-hybridized carbons (Fsp3) is 0.667. The van der Waals surface area contributed by atoms with Gasteiger partial charge in [0.2, 0.25) is 0 Å². The summed E-state index contributed by atoms with van der Waals surface area (Å²) in [7, 11) is 0. The third-order valence-electron chi connectivity index (χ3n) is 3.60. The number of likely N-dealkylation sites (tertiary alicyclic amines) is 1. The molecule has 1 aliphatic heterocycles. The molecule has 0 radical (unpaired) electrons. The van der Waals surface area contributed by atoms with E-state index in [4.69, 9.17) is 0 Å². The minimum absolute atomic E-state index is 0.581. The summed E-state index contributed by atoms with van der Waals surface area (Å²) in [5, 5.41) is 3.66. The van der Waals surface area contributed by atoms with Crippen molar-refractivity contribution >= 4 is 0 Å². The number of hydrogen-bond donors (Lipinski definition) is 1. The van der Waals surface area contributed by atoms with Crippen molar-refractivity contribution in [2.45, 2.75) is 52.2 Å². The predicted octanol–water partition coefficient (Wildman–Crippen LogP) is 2.35. The van der Waals surface area contributed by atoms with Gasteiger partial charge in [-0.2, -0.15) is 0 Å². The summed E-state index contributed by atoms with van der Waals surface area (Å²) in [5.41, 5.74) is 2.71. The molecule has 1 saturated heterocycles. The van der Waals surface area contributed by atoms with E-state index in [9.17, 15) is 0 Å². The van der Waals surface area contributed by atoms with Crippen LogP contribution in [-0.4, -0.2) is 35.1 Å². The van der Waals surface area contributed by atoms with Gasteiger partial charge in [0, 0.05) is 37.6 Å². The largest absolute Gasteiger partial charge is 0.311 e. The molecule has 0 bridgehead atoms. The van der Waals surface area contributed by atoms with Crippen molar-refractivity contribution in [1.82, 2.24) is 15.2 Å². The monoisotopic (exact) mass is 247 g/mol. The first-order valence-corrected chi connectivity index (χ1v) is 7.03. The molecular formula is C15H25N3. The maximum absolute atomic E-state index is 4.16. The average Bonchev–Trinajstić information content (AvgIpc) is 2.32. The zero-order valence-corrected chi connectivity index (χ0v) is 11.8. The number of piperidine rings is 1. The van der Waals surface area contributed by atoms with E-state index in [1.807, 2.05) is 12.4 Å². The SMILES string of the molecule is Cc1cnccc1CN1CCCC(NC(C)C)C1. The van der Waals surface area contributed by atoms with Gasteiger partial charge < -0.3 is 5.32 Å². The topological polar surface area (TPSA) is 28.2 Å². The first kappa shape index (κ1) is 13.5. The number of hydrogen-bond acceptors (Lipinski definition) is 3. The Morgan fingerprint density at radius 3 is 3.06 bits per heavy atom. The molecule has 1 aliphatic rings. The highest BCUT2D eigenvalue weighted by atomic mass is 15.2. The van der Waals surface area contributed by atoms with Crippen molar-refractivity contribution in [2.24, 2.45) is 0 Å². The number of aryl methyl sites for hydroxylation is 1. The Labute approximate surface area is 111 Å². The standard InChI is InChI=1S/C15H25N3/c1-12(2)17-15-5-4-8-18(11-15)10-14-6-7-16-9-13(14)3/h6-7,9,12,15,17H,4-5,8,10-11H2,1-3H3. The van der Waals surface area contributed by atoms with Gasteiger partial charge in [-0.15, -0.1) is 0 Å². The highest BCUT2D eigenvalue weighted by Gasteiger charge is 2.20. The van der Waals surface area contributed by atoms with E-state index in [-0.39, 0.29) is 0 Å². The van der Waals surface area contributed by atoms with Crippen molar-refractivity contribution in [2.75, 3.05) is 13.1 Å². The maximum atomic E-state index is 4.16. The Morgan fingerprint density at radius 1 is 1.50 bits per heavy atom. The van der Waals surface area contributed by atoms with E-state index in [2.05, 4.69) is 42.0 Å². The van der Waals surface area contributed by atoms with Gasteiger partial charge in [-0.3, -0.25) is 9.88 Å². The van der Waals surface area contributed by atoms with Crippen LogP contribution >= 0.6 is 0 Å². The van der Waals surface area contributed by atoms with Crippen LogP contribution in [0.15, 0.2) is 18.5 Å². The molecule has 1 atom stereocenters. The van der Waals surface area contributed by atoms with Gasteiger partial charge in [-0.1, -0.05) is 13.8 Å². The first-order valence-electron chi connectivity index (χ1n) is 7.03. The Morgan fingerprint density at radius 2 is 2.33 bits per heavy atom. The molecule has 2 rings (SSSR count). The van der Waals surface area contributed by atoms with Gasteiger partial charge in [0.15, 0.2) is 0 Å². The third kappa shape index (κ3) is 3.79. The predicted molar refractivity (Wildman–Crippen MR) is 75.5 cm³/mol. The molecule has 100 valence electrons. The van der Waals surface area contributed by atoms with E-state index in [1.54, 1.807) is 0 Å². The molecule has 3 nitrogen and oxygen atoms in total. The van der Waals surface area contributed by atoms with Crippen molar-refractivity contribution in [3.05, 3.63) is 29.6 Å². The third-order valence-corrected chi connectivity index (χ3v) is 3.60. The van der Waals surface area contributed by atoms with Crippen LogP contribution in [0.3, 0.4) is 0 Å². The fourth-order valence-electron chi connectivity index (χ4n) is 2.73. The minimum Gasteiger partial charge on any atom is -0.311 e. The van der Waals surface area contributed by atoms with Gasteiger partial charge >= 0.3 is 0 Å². The van der Waals surface area contributed by atoms with Crippen LogP contribution in [0.1, 0.15) is 37.8 Å². The van der Waals surface area contributed by atoms with E-state index in [0.717, 1.165) is 6.54 Å². The summed E-state index contributed by atoms with van der Waals surface area (Å²) in [5.74, 6) is 0. The lowest BCUT2D eigenvalue weighted by atomic mass is 10.0. The number of rotatable bonds is 4. The molecule has 18 heavy (non-hydrogen) atoms. The molecule has 1 aromatic rings. The van der Waals surface area contributed by atoms with Crippen LogP contribution < -0.4 is 5.32 Å². The zero-order chi connectivity index (χ0) is 13.0. The van der Waals surface area contributed by atoms with Gasteiger partial charge in [-0.05, 0) is 43.5 Å². The lowest BCUT2D eigenvalue weighted by Crippen LogP contribution is -2.47. The number of pyridine rings is 1. The number of aromatic nitrogens is 1. The van der Waals surface area contributed by atoms with Crippen LogP contribution in [0.5, 0.6) is 0 Å². The molecule has 1 fully saturated rings. The number of nitrogens with zero attached hydrogens (tertiary/aromatic N) is 2. The van der Waals surface area contributed by atoms with Crippen LogP contribution in [0.25, 0.3) is 0 Å². The van der Waals surface area contributed by atoms with Gasteiger partial charge in [0.1, 0.15) is 0 Å². The molecule has 1 aromatic heterocycles. The molecule has 1 N–H and O–H groups in total. The second-order valence-corrected chi connectivity index (χ2v) is 5.70. The molecule has 0 aliphatic carbocycles. The highest BCUT2D eigenvalue weighted by molar-refractivity contribution is 5.21. The lowest BCUT2D eigenvalue weighted by molar-refractivity contribution is 0.178. The van der Waals surface area contributed by atoms with Crippen molar-refractivity contribution in [3.63, 3.8) is 0 Å². The van der Waals surface area contributed by atoms with Crippen molar-refractivity contribution < 1.29 is 0 Å². The van der Waals surface area contributed by atoms with E-state index in [1.165, 1.54) is 37.1 Å². The number of nitrogens with one attached hydrogen (secondary N) is 1. The summed E-state index contributed by atoms with van der Waals surface area (Å²) < 4.78 is 0. The Hall–Kier alpha value is -0.930. The van der Waals surface area contributed by atoms with Crippen LogP contribution in [0, 0.1) is 6.92 Å². The smallest absolute Gasteiger partial charge is 0.0300 e. The first-order chi connectivity index (χ1) is 8.65. The van der Waals surface area contributed by atoms with Gasteiger partial charge in [0.25, 0.3) is 0 Å². The molecule has 3 heteroatoms. The minimum atomic E-state index is 0.581. The normalized spacial score (nSPS) is 21.4. The van der Waals surface area contributed by atoms with E-state index < -0.39 is 0 Å². The lowest BCUT2D eigenvalue weighted by Gasteiger charge is -2.34. The summed E-state index contributed by atoms with van der Waals surface area (Å²) >= 11 is 0.